The molecule has 19 heavy (non-hydrogen) atoms. The van der Waals surface area contributed by atoms with Gasteiger partial charge in [0.15, 0.2) is 5.13 Å². The molecule has 2 aliphatic rings. The molecule has 1 atom stereocenters. The van der Waals surface area contributed by atoms with E-state index in [0.29, 0.717) is 10.5 Å². The number of carbonyl (C=O) groups excluding carboxylic acids is 1. The van der Waals surface area contributed by atoms with E-state index in [0.717, 1.165) is 31.9 Å². The molecule has 2 saturated heterocycles. The van der Waals surface area contributed by atoms with Crippen molar-refractivity contribution >= 4 is 22.4 Å². The van der Waals surface area contributed by atoms with Gasteiger partial charge in [-0.3, -0.25) is 9.69 Å². The molecule has 0 bridgehead atoms. The lowest BCUT2D eigenvalue weighted by Gasteiger charge is -2.22. The minimum absolute atomic E-state index is 0.0574. The first kappa shape index (κ1) is 13.0. The smallest absolute Gasteiger partial charge is 0.223 e. The molecule has 3 rings (SSSR count). The molecule has 2 aliphatic heterocycles. The molecule has 3 heterocycles. The van der Waals surface area contributed by atoms with Crippen LogP contribution in [0.15, 0.2) is 5.38 Å². The van der Waals surface area contributed by atoms with Crippen molar-refractivity contribution in [2.24, 2.45) is 5.41 Å². The number of likely N-dealkylation sites (tertiary alicyclic amines) is 1. The lowest BCUT2D eigenvalue weighted by Crippen LogP contribution is -2.29. The Bertz CT molecular complexity index is 467. The van der Waals surface area contributed by atoms with Gasteiger partial charge in [-0.05, 0) is 31.3 Å². The molecule has 2 N–H and O–H groups in total. The zero-order chi connectivity index (χ0) is 13.3. The maximum Gasteiger partial charge on any atom is 0.223 e. The Kier molecular flexibility index (Phi) is 3.56. The molecule has 5 nitrogen and oxygen atoms in total. The highest BCUT2D eigenvalue weighted by Crippen LogP contribution is 2.36. The van der Waals surface area contributed by atoms with Crippen LogP contribution in [0.25, 0.3) is 0 Å². The van der Waals surface area contributed by atoms with Gasteiger partial charge in [0.1, 0.15) is 0 Å². The number of nitrogens with zero attached hydrogens (tertiary/aromatic N) is 2. The summed E-state index contributed by atoms with van der Waals surface area (Å²) in [5.74, 6) is -0.0574. The number of amides is 1. The predicted molar refractivity (Wildman–Crippen MR) is 76.2 cm³/mol. The second kappa shape index (κ2) is 5.19. The number of anilines is 1. The van der Waals surface area contributed by atoms with E-state index < -0.39 is 0 Å². The van der Waals surface area contributed by atoms with E-state index in [1.54, 1.807) is 0 Å². The van der Waals surface area contributed by atoms with Gasteiger partial charge in [-0.15, -0.1) is 11.3 Å². The van der Waals surface area contributed by atoms with Gasteiger partial charge in [-0.25, -0.2) is 4.98 Å². The summed E-state index contributed by atoms with van der Waals surface area (Å²) in [5, 5.41) is 8.97. The van der Waals surface area contributed by atoms with Gasteiger partial charge in [0, 0.05) is 31.9 Å². The van der Waals surface area contributed by atoms with Crippen molar-refractivity contribution in [3.63, 3.8) is 0 Å². The fraction of sp³-hybridized carbons (Fsp3) is 0.692. The van der Waals surface area contributed by atoms with Crippen molar-refractivity contribution in [2.75, 3.05) is 31.5 Å². The summed E-state index contributed by atoms with van der Waals surface area (Å²) in [7, 11) is 0. The van der Waals surface area contributed by atoms with Gasteiger partial charge in [-0.2, -0.15) is 0 Å². The van der Waals surface area contributed by atoms with Crippen LogP contribution >= 0.6 is 11.3 Å². The van der Waals surface area contributed by atoms with Gasteiger partial charge < -0.3 is 10.6 Å². The normalized spacial score (nSPS) is 27.2. The van der Waals surface area contributed by atoms with Crippen molar-refractivity contribution in [1.29, 1.82) is 0 Å². The molecule has 1 spiro atoms. The quantitative estimate of drug-likeness (QED) is 0.876. The van der Waals surface area contributed by atoms with E-state index in [1.165, 1.54) is 37.6 Å². The summed E-state index contributed by atoms with van der Waals surface area (Å²) in [6, 6.07) is 0. The summed E-state index contributed by atoms with van der Waals surface area (Å²) >= 11 is 1.50. The molecule has 2 fully saturated rings. The van der Waals surface area contributed by atoms with E-state index in [4.69, 9.17) is 0 Å². The number of rotatable bonds is 3. The standard InChI is InChI=1S/C13H20N4OS/c1-10(18)15-12-16-11(7-19-12)6-17-5-3-13(9-17)2-4-14-8-13/h7,14H,2-6,8-9H2,1H3,(H,15,16,18). The lowest BCUT2D eigenvalue weighted by atomic mass is 9.87. The fourth-order valence-electron chi connectivity index (χ4n) is 3.12. The van der Waals surface area contributed by atoms with Crippen molar-refractivity contribution < 1.29 is 4.79 Å². The van der Waals surface area contributed by atoms with Crippen LogP contribution < -0.4 is 10.6 Å². The number of thiazole rings is 1. The number of carbonyl (C=O) groups is 1. The van der Waals surface area contributed by atoms with E-state index in [-0.39, 0.29) is 5.91 Å². The molecule has 0 radical (unpaired) electrons. The molecule has 1 amide bonds. The zero-order valence-electron chi connectivity index (χ0n) is 11.2. The molecule has 0 saturated carbocycles. The molecule has 0 aromatic carbocycles. The number of hydrogen-bond donors (Lipinski definition) is 2. The van der Waals surface area contributed by atoms with Crippen molar-refractivity contribution in [3.8, 4) is 0 Å². The van der Waals surface area contributed by atoms with Gasteiger partial charge >= 0.3 is 0 Å². The Balaban J connectivity index is 1.57. The highest BCUT2D eigenvalue weighted by molar-refractivity contribution is 7.13. The second-order valence-corrected chi connectivity index (χ2v) is 6.57. The molecule has 6 heteroatoms. The number of nitrogens with one attached hydrogen (secondary N) is 2. The molecule has 104 valence electrons. The van der Waals surface area contributed by atoms with Gasteiger partial charge in [-0.1, -0.05) is 0 Å². The maximum absolute atomic E-state index is 11.0. The summed E-state index contributed by atoms with van der Waals surface area (Å²) in [5.41, 5.74) is 1.58. The Morgan fingerprint density at radius 1 is 1.63 bits per heavy atom. The average molecular weight is 280 g/mol. The van der Waals surface area contributed by atoms with Gasteiger partial charge in [0.05, 0.1) is 5.69 Å². The molecule has 1 unspecified atom stereocenters. The van der Waals surface area contributed by atoms with Crippen LogP contribution in [0.5, 0.6) is 0 Å². The maximum atomic E-state index is 11.0. The van der Waals surface area contributed by atoms with Crippen LogP contribution in [0.1, 0.15) is 25.5 Å². The van der Waals surface area contributed by atoms with Crippen LogP contribution in [-0.2, 0) is 11.3 Å². The van der Waals surface area contributed by atoms with Gasteiger partial charge in [0.25, 0.3) is 0 Å². The van der Waals surface area contributed by atoms with Crippen LogP contribution in [-0.4, -0.2) is 42.0 Å². The minimum Gasteiger partial charge on any atom is -0.316 e. The Morgan fingerprint density at radius 3 is 3.26 bits per heavy atom. The van der Waals surface area contributed by atoms with Crippen molar-refractivity contribution in [3.05, 3.63) is 11.1 Å². The fourth-order valence-corrected chi connectivity index (χ4v) is 3.87. The monoisotopic (exact) mass is 280 g/mol. The van der Waals surface area contributed by atoms with Crippen molar-refractivity contribution in [1.82, 2.24) is 15.2 Å². The first-order valence-corrected chi connectivity index (χ1v) is 7.68. The first-order valence-electron chi connectivity index (χ1n) is 6.80. The largest absolute Gasteiger partial charge is 0.316 e. The molecule has 1 aromatic heterocycles. The first-order chi connectivity index (χ1) is 9.15. The van der Waals surface area contributed by atoms with E-state index in [1.807, 2.05) is 5.38 Å². The van der Waals surface area contributed by atoms with Crippen LogP contribution in [0, 0.1) is 5.41 Å². The summed E-state index contributed by atoms with van der Waals surface area (Å²) in [4.78, 5) is 17.9. The highest BCUT2D eigenvalue weighted by atomic mass is 32.1. The van der Waals surface area contributed by atoms with Gasteiger partial charge in [0.2, 0.25) is 5.91 Å². The second-order valence-electron chi connectivity index (χ2n) is 5.71. The highest BCUT2D eigenvalue weighted by Gasteiger charge is 2.40. The number of aromatic nitrogens is 1. The Morgan fingerprint density at radius 2 is 2.53 bits per heavy atom. The lowest BCUT2D eigenvalue weighted by molar-refractivity contribution is -0.114. The topological polar surface area (TPSA) is 57.3 Å². The molecular weight excluding hydrogens is 260 g/mol. The van der Waals surface area contributed by atoms with Crippen LogP contribution in [0.2, 0.25) is 0 Å². The van der Waals surface area contributed by atoms with Crippen molar-refractivity contribution in [2.45, 2.75) is 26.3 Å². The predicted octanol–water partition coefficient (Wildman–Crippen LogP) is 1.29. The number of hydrogen-bond acceptors (Lipinski definition) is 5. The third-order valence-electron chi connectivity index (χ3n) is 4.07. The zero-order valence-corrected chi connectivity index (χ0v) is 12.1. The molecular formula is C13H20N4OS. The average Bonchev–Trinajstić information content (AvgIpc) is 3.04. The molecule has 0 aliphatic carbocycles. The summed E-state index contributed by atoms with van der Waals surface area (Å²) in [6.45, 7) is 7.08. The Hall–Kier alpha value is -0.980. The molecule has 1 aromatic rings. The third-order valence-corrected chi connectivity index (χ3v) is 4.88. The van der Waals surface area contributed by atoms with E-state index in [2.05, 4.69) is 20.5 Å². The third kappa shape index (κ3) is 2.96. The minimum atomic E-state index is -0.0574. The van der Waals surface area contributed by atoms with Crippen LogP contribution in [0.4, 0.5) is 5.13 Å². The summed E-state index contributed by atoms with van der Waals surface area (Å²) < 4.78 is 0. The van der Waals surface area contributed by atoms with E-state index >= 15 is 0 Å². The SMILES string of the molecule is CC(=O)Nc1nc(CN2CCC3(CCNC3)C2)cs1. The summed E-state index contributed by atoms with van der Waals surface area (Å²) in [6.07, 6.45) is 2.60. The Labute approximate surface area is 117 Å². The van der Waals surface area contributed by atoms with Crippen LogP contribution in [0.3, 0.4) is 0 Å². The van der Waals surface area contributed by atoms with E-state index in [9.17, 15) is 4.79 Å².